The summed E-state index contributed by atoms with van der Waals surface area (Å²) in [5.41, 5.74) is -0.579. The van der Waals surface area contributed by atoms with Crippen LogP contribution in [0.4, 0.5) is 4.79 Å². The number of aliphatic carboxylic acids is 1. The molecule has 0 atom stereocenters. The number of aliphatic hydroxyl groups is 1. The Morgan fingerprint density at radius 1 is 1.10 bits per heavy atom. The topological polar surface area (TPSA) is 98.7 Å². The Kier molecular flexibility index (Phi) is 4.86. The van der Waals surface area contributed by atoms with E-state index >= 15 is 0 Å². The molecule has 6 nitrogen and oxygen atoms in total. The fourth-order valence-corrected chi connectivity index (χ4v) is 3.37. The Balaban J connectivity index is 1.84. The van der Waals surface area contributed by atoms with Crippen LogP contribution in [0.3, 0.4) is 0 Å². The van der Waals surface area contributed by atoms with Crippen molar-refractivity contribution in [3.8, 4) is 0 Å². The van der Waals surface area contributed by atoms with Gasteiger partial charge < -0.3 is 20.8 Å². The van der Waals surface area contributed by atoms with Crippen molar-refractivity contribution in [2.45, 2.75) is 75.5 Å². The van der Waals surface area contributed by atoms with Crippen LogP contribution < -0.4 is 10.6 Å². The van der Waals surface area contributed by atoms with Crippen LogP contribution in [0.1, 0.15) is 57.8 Å². The van der Waals surface area contributed by atoms with E-state index in [0.717, 1.165) is 38.5 Å². The molecule has 114 valence electrons. The molecule has 6 heteroatoms. The number of carboxylic acids is 1. The Labute approximate surface area is 118 Å². The summed E-state index contributed by atoms with van der Waals surface area (Å²) in [5, 5.41) is 24.2. The summed E-state index contributed by atoms with van der Waals surface area (Å²) in [5.74, 6) is -0.868. The lowest BCUT2D eigenvalue weighted by molar-refractivity contribution is -0.138. The molecule has 0 aromatic carbocycles. The number of rotatable bonds is 4. The third-order valence-electron chi connectivity index (χ3n) is 4.46. The summed E-state index contributed by atoms with van der Waals surface area (Å²) in [6.45, 7) is 0. The SMILES string of the molecule is O=C(O)CC1(NC(=O)NC2CCC(O)CC2)CCCC1. The Morgan fingerprint density at radius 3 is 2.25 bits per heavy atom. The molecule has 2 amide bonds. The first-order valence-electron chi connectivity index (χ1n) is 7.48. The van der Waals surface area contributed by atoms with Crippen LogP contribution in [-0.4, -0.2) is 39.9 Å². The maximum atomic E-state index is 12.1. The highest BCUT2D eigenvalue weighted by Gasteiger charge is 2.37. The maximum absolute atomic E-state index is 12.1. The van der Waals surface area contributed by atoms with Gasteiger partial charge in [-0.1, -0.05) is 12.8 Å². The molecule has 0 heterocycles. The number of carboxylic acid groups (broad SMARTS) is 1. The highest BCUT2D eigenvalue weighted by atomic mass is 16.4. The van der Waals surface area contributed by atoms with Gasteiger partial charge in [0.25, 0.3) is 0 Å². The molecular weight excluding hydrogens is 260 g/mol. The van der Waals surface area contributed by atoms with Gasteiger partial charge in [-0.3, -0.25) is 4.79 Å². The van der Waals surface area contributed by atoms with Gasteiger partial charge in [0.1, 0.15) is 0 Å². The van der Waals surface area contributed by atoms with E-state index in [-0.39, 0.29) is 24.6 Å². The van der Waals surface area contributed by atoms with Crippen molar-refractivity contribution < 1.29 is 19.8 Å². The van der Waals surface area contributed by atoms with Crippen LogP contribution in [-0.2, 0) is 4.79 Å². The molecule has 20 heavy (non-hydrogen) atoms. The Morgan fingerprint density at radius 2 is 1.70 bits per heavy atom. The van der Waals surface area contributed by atoms with E-state index < -0.39 is 11.5 Å². The largest absolute Gasteiger partial charge is 0.481 e. The van der Waals surface area contributed by atoms with Crippen molar-refractivity contribution in [1.29, 1.82) is 0 Å². The zero-order chi connectivity index (χ0) is 14.6. The number of aliphatic hydroxyl groups excluding tert-OH is 1. The Bertz CT molecular complexity index is 358. The van der Waals surface area contributed by atoms with Gasteiger partial charge in [0.05, 0.1) is 18.1 Å². The number of urea groups is 1. The standard InChI is InChI=1S/C14H24N2O4/c17-11-5-3-10(4-6-11)15-13(20)16-14(9-12(18)19)7-1-2-8-14/h10-11,17H,1-9H2,(H,18,19)(H2,15,16,20). The molecule has 2 aliphatic rings. The van der Waals surface area contributed by atoms with Gasteiger partial charge in [0.2, 0.25) is 0 Å². The first-order chi connectivity index (χ1) is 9.49. The van der Waals surface area contributed by atoms with Crippen LogP contribution >= 0.6 is 0 Å². The van der Waals surface area contributed by atoms with E-state index in [9.17, 15) is 14.7 Å². The second-order valence-electron chi connectivity index (χ2n) is 6.16. The predicted molar refractivity (Wildman–Crippen MR) is 73.4 cm³/mol. The summed E-state index contributed by atoms with van der Waals surface area (Å²) >= 11 is 0. The van der Waals surface area contributed by atoms with Crippen molar-refractivity contribution in [3.63, 3.8) is 0 Å². The Hall–Kier alpha value is -1.30. The molecule has 2 aliphatic carbocycles. The second kappa shape index (κ2) is 6.43. The van der Waals surface area contributed by atoms with Crippen LogP contribution in [0, 0.1) is 0 Å². The number of nitrogens with one attached hydrogen (secondary N) is 2. The quantitative estimate of drug-likeness (QED) is 0.626. The molecule has 0 bridgehead atoms. The van der Waals surface area contributed by atoms with E-state index in [1.165, 1.54) is 0 Å². The summed E-state index contributed by atoms with van der Waals surface area (Å²) < 4.78 is 0. The number of amides is 2. The number of hydrogen-bond acceptors (Lipinski definition) is 3. The summed E-state index contributed by atoms with van der Waals surface area (Å²) in [6, 6.07) is -0.184. The van der Waals surface area contributed by atoms with Crippen molar-refractivity contribution in [2.75, 3.05) is 0 Å². The molecule has 0 aromatic rings. The number of carbonyl (C=O) groups excluding carboxylic acids is 1. The normalized spacial score (nSPS) is 28.9. The van der Waals surface area contributed by atoms with Crippen LogP contribution in [0.5, 0.6) is 0 Å². The third-order valence-corrected chi connectivity index (χ3v) is 4.46. The monoisotopic (exact) mass is 284 g/mol. The van der Waals surface area contributed by atoms with E-state index in [1.807, 2.05) is 0 Å². The molecule has 0 radical (unpaired) electrons. The summed E-state index contributed by atoms with van der Waals surface area (Å²) in [4.78, 5) is 23.0. The lowest BCUT2D eigenvalue weighted by Gasteiger charge is -2.31. The zero-order valence-corrected chi connectivity index (χ0v) is 11.7. The van der Waals surface area contributed by atoms with Crippen molar-refractivity contribution in [1.82, 2.24) is 10.6 Å². The lowest BCUT2D eigenvalue weighted by atomic mass is 9.92. The molecule has 4 N–H and O–H groups in total. The van der Waals surface area contributed by atoms with Crippen LogP contribution in [0.2, 0.25) is 0 Å². The molecule has 2 fully saturated rings. The minimum absolute atomic E-state index is 0.0101. The molecule has 2 saturated carbocycles. The highest BCUT2D eigenvalue weighted by molar-refractivity contribution is 5.77. The summed E-state index contributed by atoms with van der Waals surface area (Å²) in [6.07, 6.45) is 6.11. The van der Waals surface area contributed by atoms with Crippen molar-refractivity contribution >= 4 is 12.0 Å². The van der Waals surface area contributed by atoms with E-state index in [4.69, 9.17) is 5.11 Å². The van der Waals surface area contributed by atoms with Crippen LogP contribution in [0.25, 0.3) is 0 Å². The van der Waals surface area contributed by atoms with Crippen LogP contribution in [0.15, 0.2) is 0 Å². The molecule has 2 rings (SSSR count). The lowest BCUT2D eigenvalue weighted by Crippen LogP contribution is -2.54. The maximum Gasteiger partial charge on any atom is 0.315 e. The number of hydrogen-bond donors (Lipinski definition) is 4. The molecule has 0 unspecified atom stereocenters. The van der Waals surface area contributed by atoms with Gasteiger partial charge in [-0.05, 0) is 38.5 Å². The highest BCUT2D eigenvalue weighted by Crippen LogP contribution is 2.32. The fourth-order valence-electron chi connectivity index (χ4n) is 3.37. The van der Waals surface area contributed by atoms with Crippen molar-refractivity contribution in [3.05, 3.63) is 0 Å². The first kappa shape index (κ1) is 15.1. The number of carbonyl (C=O) groups is 2. The average molecular weight is 284 g/mol. The third kappa shape index (κ3) is 4.10. The second-order valence-corrected chi connectivity index (χ2v) is 6.16. The smallest absolute Gasteiger partial charge is 0.315 e. The van der Waals surface area contributed by atoms with Gasteiger partial charge >= 0.3 is 12.0 Å². The molecule has 0 aromatic heterocycles. The van der Waals surface area contributed by atoms with Crippen molar-refractivity contribution in [2.24, 2.45) is 0 Å². The van der Waals surface area contributed by atoms with E-state index in [2.05, 4.69) is 10.6 Å². The average Bonchev–Trinajstić information content (AvgIpc) is 2.79. The summed E-state index contributed by atoms with van der Waals surface area (Å²) in [7, 11) is 0. The van der Waals surface area contributed by atoms with E-state index in [0.29, 0.717) is 12.8 Å². The van der Waals surface area contributed by atoms with E-state index in [1.54, 1.807) is 0 Å². The molecule has 0 saturated heterocycles. The molecular formula is C14H24N2O4. The minimum atomic E-state index is -0.868. The van der Waals surface area contributed by atoms with Gasteiger partial charge in [-0.15, -0.1) is 0 Å². The molecule has 0 aliphatic heterocycles. The van der Waals surface area contributed by atoms with Gasteiger partial charge in [0, 0.05) is 6.04 Å². The predicted octanol–water partition coefficient (Wildman–Crippen LogP) is 1.38. The zero-order valence-electron chi connectivity index (χ0n) is 11.7. The minimum Gasteiger partial charge on any atom is -0.481 e. The van der Waals surface area contributed by atoms with Gasteiger partial charge in [0.15, 0.2) is 0 Å². The fraction of sp³-hybridized carbons (Fsp3) is 0.857. The van der Waals surface area contributed by atoms with Gasteiger partial charge in [-0.25, -0.2) is 4.79 Å². The molecule has 0 spiro atoms. The first-order valence-corrected chi connectivity index (χ1v) is 7.48. The van der Waals surface area contributed by atoms with Gasteiger partial charge in [-0.2, -0.15) is 0 Å².